The van der Waals surface area contributed by atoms with Crippen molar-refractivity contribution in [2.24, 2.45) is 0 Å². The molecule has 2 rings (SSSR count). The molecule has 0 spiro atoms. The summed E-state index contributed by atoms with van der Waals surface area (Å²) in [5, 5.41) is 2.62. The maximum Gasteiger partial charge on any atom is 0.329 e. The van der Waals surface area contributed by atoms with E-state index in [2.05, 4.69) is 4.98 Å². The second-order valence-corrected chi connectivity index (χ2v) is 4.91. The lowest BCUT2D eigenvalue weighted by molar-refractivity contribution is 0.683. The summed E-state index contributed by atoms with van der Waals surface area (Å²) in [5.41, 5.74) is 0.520. The Morgan fingerprint density at radius 2 is 2.12 bits per heavy atom. The molecular formula is C11H14N2O2S. The highest BCUT2D eigenvalue weighted by molar-refractivity contribution is 7.16. The van der Waals surface area contributed by atoms with E-state index >= 15 is 0 Å². The molecule has 0 amide bonds. The summed E-state index contributed by atoms with van der Waals surface area (Å²) < 4.78 is 1.24. The number of aromatic amines is 1. The molecule has 2 aromatic heterocycles. The molecule has 0 unspecified atom stereocenters. The van der Waals surface area contributed by atoms with E-state index in [9.17, 15) is 9.59 Å². The van der Waals surface area contributed by atoms with Crippen LogP contribution in [0.25, 0.3) is 10.2 Å². The first-order chi connectivity index (χ1) is 7.56. The van der Waals surface area contributed by atoms with Crippen molar-refractivity contribution in [2.45, 2.75) is 33.2 Å². The van der Waals surface area contributed by atoms with Crippen LogP contribution in [0, 0.1) is 0 Å². The van der Waals surface area contributed by atoms with Gasteiger partial charge in [-0.15, -0.1) is 11.3 Å². The molecule has 0 saturated heterocycles. The Morgan fingerprint density at radius 3 is 2.69 bits per heavy atom. The zero-order valence-electron chi connectivity index (χ0n) is 9.53. The number of fused-ring (bicyclic) bond motifs is 1. The Morgan fingerprint density at radius 1 is 1.44 bits per heavy atom. The van der Waals surface area contributed by atoms with E-state index in [4.69, 9.17) is 0 Å². The topological polar surface area (TPSA) is 54.9 Å². The van der Waals surface area contributed by atoms with Gasteiger partial charge in [0, 0.05) is 6.54 Å². The maximum atomic E-state index is 12.1. The number of hydrogen-bond donors (Lipinski definition) is 1. The molecule has 0 radical (unpaired) electrons. The van der Waals surface area contributed by atoms with Gasteiger partial charge in [0.1, 0.15) is 4.83 Å². The van der Waals surface area contributed by atoms with Gasteiger partial charge in [-0.25, -0.2) is 4.79 Å². The lowest BCUT2D eigenvalue weighted by atomic mass is 10.0. The third-order valence-corrected chi connectivity index (χ3v) is 3.60. The first kappa shape index (κ1) is 11.1. The van der Waals surface area contributed by atoms with E-state index in [1.807, 2.05) is 19.2 Å². The molecule has 86 valence electrons. The van der Waals surface area contributed by atoms with Gasteiger partial charge < -0.3 is 0 Å². The number of H-pyrrole nitrogens is 1. The smallest absolute Gasteiger partial charge is 0.298 e. The maximum absolute atomic E-state index is 12.1. The first-order valence-electron chi connectivity index (χ1n) is 5.30. The number of hydrogen-bond acceptors (Lipinski definition) is 3. The molecule has 0 atom stereocenters. The summed E-state index contributed by atoms with van der Waals surface area (Å²) in [6.07, 6.45) is 0. The molecule has 0 bridgehead atoms. The van der Waals surface area contributed by atoms with Crippen molar-refractivity contribution in [3.05, 3.63) is 31.8 Å². The fourth-order valence-corrected chi connectivity index (χ4v) is 2.89. The Bertz CT molecular complexity index is 633. The predicted molar refractivity (Wildman–Crippen MR) is 66.5 cm³/mol. The van der Waals surface area contributed by atoms with Crippen LogP contribution in [0.5, 0.6) is 0 Å². The number of nitrogens with zero attached hydrogens (tertiary/aromatic N) is 1. The third-order valence-electron chi connectivity index (χ3n) is 2.68. The molecule has 0 saturated carbocycles. The van der Waals surface area contributed by atoms with Crippen LogP contribution in [0.4, 0.5) is 0 Å². The van der Waals surface area contributed by atoms with Crippen molar-refractivity contribution in [3.8, 4) is 0 Å². The van der Waals surface area contributed by atoms with Crippen LogP contribution >= 0.6 is 11.3 Å². The molecule has 0 aliphatic rings. The van der Waals surface area contributed by atoms with Gasteiger partial charge in [0.2, 0.25) is 0 Å². The molecule has 4 nitrogen and oxygen atoms in total. The van der Waals surface area contributed by atoms with E-state index in [0.29, 0.717) is 16.8 Å². The lowest BCUT2D eigenvalue weighted by Crippen LogP contribution is -2.34. The Balaban J connectivity index is 2.94. The second kappa shape index (κ2) is 3.90. The molecule has 2 heterocycles. The molecule has 2 aromatic rings. The van der Waals surface area contributed by atoms with Crippen LogP contribution in [0.15, 0.2) is 15.0 Å². The van der Waals surface area contributed by atoms with Crippen molar-refractivity contribution in [1.29, 1.82) is 0 Å². The normalized spacial score (nSPS) is 11.5. The van der Waals surface area contributed by atoms with Crippen LogP contribution in [-0.2, 0) is 6.54 Å². The highest BCUT2D eigenvalue weighted by Gasteiger charge is 2.14. The van der Waals surface area contributed by atoms with Crippen LogP contribution in [0.2, 0.25) is 0 Å². The summed E-state index contributed by atoms with van der Waals surface area (Å²) in [5.74, 6) is 0.289. The fraction of sp³-hybridized carbons (Fsp3) is 0.455. The van der Waals surface area contributed by atoms with E-state index in [1.54, 1.807) is 6.92 Å². The van der Waals surface area contributed by atoms with E-state index in [-0.39, 0.29) is 17.2 Å². The SMILES string of the molecule is CCn1c(=O)[nH]c2scc(C(C)C)c2c1=O. The third kappa shape index (κ3) is 1.51. The molecule has 5 heteroatoms. The number of nitrogens with one attached hydrogen (secondary N) is 1. The summed E-state index contributed by atoms with van der Waals surface area (Å²) in [7, 11) is 0. The zero-order chi connectivity index (χ0) is 11.9. The second-order valence-electron chi connectivity index (χ2n) is 4.03. The standard InChI is InChI=1S/C11H14N2O2S/c1-4-13-10(14)8-7(6(2)3)5-16-9(8)12-11(13)15/h5-6H,4H2,1-3H3,(H,12,15). The quantitative estimate of drug-likeness (QED) is 0.868. The molecular weight excluding hydrogens is 224 g/mol. The van der Waals surface area contributed by atoms with Gasteiger partial charge in [-0.1, -0.05) is 13.8 Å². The monoisotopic (exact) mass is 238 g/mol. The highest BCUT2D eigenvalue weighted by atomic mass is 32.1. The summed E-state index contributed by atoms with van der Waals surface area (Å²) >= 11 is 1.42. The van der Waals surface area contributed by atoms with Crippen molar-refractivity contribution in [2.75, 3.05) is 0 Å². The van der Waals surface area contributed by atoms with Gasteiger partial charge in [0.25, 0.3) is 5.56 Å². The summed E-state index contributed by atoms with van der Waals surface area (Å²) in [6.45, 7) is 6.28. The van der Waals surface area contributed by atoms with Gasteiger partial charge in [0.05, 0.1) is 5.39 Å². The predicted octanol–water partition coefficient (Wildman–Crippen LogP) is 1.89. The van der Waals surface area contributed by atoms with Crippen LogP contribution in [0.3, 0.4) is 0 Å². The van der Waals surface area contributed by atoms with E-state index in [1.165, 1.54) is 15.9 Å². The Kier molecular flexibility index (Phi) is 2.71. The number of rotatable bonds is 2. The number of thiophene rings is 1. The largest absolute Gasteiger partial charge is 0.329 e. The van der Waals surface area contributed by atoms with E-state index < -0.39 is 0 Å². The van der Waals surface area contributed by atoms with Crippen LogP contribution in [0.1, 0.15) is 32.3 Å². The molecule has 0 aromatic carbocycles. The summed E-state index contributed by atoms with van der Waals surface area (Å²) in [4.78, 5) is 27.1. The highest BCUT2D eigenvalue weighted by Crippen LogP contribution is 2.26. The zero-order valence-corrected chi connectivity index (χ0v) is 10.4. The Hall–Kier alpha value is -1.36. The van der Waals surface area contributed by atoms with Gasteiger partial charge in [-0.2, -0.15) is 0 Å². The minimum absolute atomic E-state index is 0.175. The average molecular weight is 238 g/mol. The first-order valence-corrected chi connectivity index (χ1v) is 6.18. The lowest BCUT2D eigenvalue weighted by Gasteiger charge is -2.04. The van der Waals surface area contributed by atoms with Crippen molar-refractivity contribution >= 4 is 21.6 Å². The van der Waals surface area contributed by atoms with Gasteiger partial charge in [-0.05, 0) is 23.8 Å². The van der Waals surface area contributed by atoms with Gasteiger partial charge in [-0.3, -0.25) is 14.3 Å². The van der Waals surface area contributed by atoms with Crippen LogP contribution in [-0.4, -0.2) is 9.55 Å². The Labute approximate surface area is 96.6 Å². The molecule has 0 fully saturated rings. The minimum atomic E-state index is -0.322. The molecule has 16 heavy (non-hydrogen) atoms. The van der Waals surface area contributed by atoms with Crippen LogP contribution < -0.4 is 11.2 Å². The van der Waals surface area contributed by atoms with Gasteiger partial charge >= 0.3 is 5.69 Å². The van der Waals surface area contributed by atoms with Crippen molar-refractivity contribution < 1.29 is 0 Å². The fourth-order valence-electron chi connectivity index (χ4n) is 1.79. The molecule has 1 N–H and O–H groups in total. The van der Waals surface area contributed by atoms with E-state index in [0.717, 1.165) is 5.56 Å². The average Bonchev–Trinajstić information content (AvgIpc) is 2.62. The number of aromatic nitrogens is 2. The van der Waals surface area contributed by atoms with Crippen molar-refractivity contribution in [1.82, 2.24) is 9.55 Å². The van der Waals surface area contributed by atoms with Crippen molar-refractivity contribution in [3.63, 3.8) is 0 Å². The molecule has 0 aliphatic carbocycles. The van der Waals surface area contributed by atoms with Gasteiger partial charge in [0.15, 0.2) is 0 Å². The summed E-state index contributed by atoms with van der Waals surface area (Å²) in [6, 6.07) is 0. The molecule has 0 aliphatic heterocycles. The minimum Gasteiger partial charge on any atom is -0.298 e.